The van der Waals surface area contributed by atoms with Crippen LogP contribution in [0.4, 0.5) is 0 Å². The van der Waals surface area contributed by atoms with Crippen molar-refractivity contribution in [3.05, 3.63) is 29.3 Å². The minimum absolute atomic E-state index is 0. The van der Waals surface area contributed by atoms with E-state index >= 15 is 0 Å². The lowest BCUT2D eigenvalue weighted by atomic mass is 10.2. The Morgan fingerprint density at radius 2 is 2.21 bits per heavy atom. The number of hydrogen-bond acceptors (Lipinski definition) is 3. The monoisotopic (exact) mass is 324 g/mol. The third kappa shape index (κ3) is 4.93. The van der Waals surface area contributed by atoms with Gasteiger partial charge in [-0.05, 0) is 44.0 Å². The number of sulfonamides is 1. The van der Waals surface area contributed by atoms with Gasteiger partial charge >= 0.3 is 0 Å². The number of halogens is 2. The van der Waals surface area contributed by atoms with Gasteiger partial charge in [0.25, 0.3) is 0 Å². The molecule has 1 aromatic rings. The molecule has 0 saturated carbocycles. The zero-order valence-corrected chi connectivity index (χ0v) is 12.8. The van der Waals surface area contributed by atoms with Crippen LogP contribution in [0.5, 0.6) is 0 Å². The SMILES string of the molecule is Cl.O=S(=O)(NCC[C@H]1CCCN1)c1cccc(Cl)c1. The van der Waals surface area contributed by atoms with Crippen molar-refractivity contribution < 1.29 is 8.42 Å². The molecule has 1 fully saturated rings. The molecule has 7 heteroatoms. The van der Waals surface area contributed by atoms with Crippen LogP contribution in [0.3, 0.4) is 0 Å². The van der Waals surface area contributed by atoms with Crippen molar-refractivity contribution in [3.8, 4) is 0 Å². The Hall–Kier alpha value is -0.330. The van der Waals surface area contributed by atoms with Crippen molar-refractivity contribution in [2.75, 3.05) is 13.1 Å². The lowest BCUT2D eigenvalue weighted by Crippen LogP contribution is -2.30. The van der Waals surface area contributed by atoms with Gasteiger partial charge in [0.15, 0.2) is 0 Å². The Morgan fingerprint density at radius 3 is 2.84 bits per heavy atom. The van der Waals surface area contributed by atoms with Crippen molar-refractivity contribution in [3.63, 3.8) is 0 Å². The van der Waals surface area contributed by atoms with E-state index in [2.05, 4.69) is 10.0 Å². The molecule has 4 nitrogen and oxygen atoms in total. The van der Waals surface area contributed by atoms with Crippen LogP contribution in [-0.2, 0) is 10.0 Å². The second-order valence-corrected chi connectivity index (χ2v) is 6.64. The number of rotatable bonds is 5. The van der Waals surface area contributed by atoms with Crippen LogP contribution in [0.25, 0.3) is 0 Å². The molecule has 1 aliphatic rings. The quantitative estimate of drug-likeness (QED) is 0.872. The summed E-state index contributed by atoms with van der Waals surface area (Å²) in [5, 5.41) is 3.76. The van der Waals surface area contributed by atoms with Gasteiger partial charge < -0.3 is 5.32 Å². The molecule has 1 saturated heterocycles. The van der Waals surface area contributed by atoms with Crippen LogP contribution in [0.1, 0.15) is 19.3 Å². The van der Waals surface area contributed by atoms with E-state index in [4.69, 9.17) is 11.6 Å². The molecule has 2 N–H and O–H groups in total. The molecule has 1 aliphatic heterocycles. The second-order valence-electron chi connectivity index (χ2n) is 4.44. The molecule has 0 radical (unpaired) electrons. The van der Waals surface area contributed by atoms with Crippen LogP contribution < -0.4 is 10.0 Å². The van der Waals surface area contributed by atoms with Gasteiger partial charge in [0.05, 0.1) is 4.90 Å². The molecule has 1 aromatic carbocycles. The van der Waals surface area contributed by atoms with Gasteiger partial charge in [-0.2, -0.15) is 0 Å². The molecule has 0 bridgehead atoms. The fraction of sp³-hybridized carbons (Fsp3) is 0.500. The zero-order valence-electron chi connectivity index (χ0n) is 10.4. The average Bonchev–Trinajstić information content (AvgIpc) is 2.82. The Bertz CT molecular complexity index is 502. The largest absolute Gasteiger partial charge is 0.314 e. The standard InChI is InChI=1S/C12H17ClN2O2S.ClH/c13-10-3-1-5-12(9-10)18(16,17)15-8-6-11-4-2-7-14-11;/h1,3,5,9,11,14-15H,2,4,6-8H2;1H/t11-;/m1./s1. The first kappa shape index (κ1) is 16.7. The Balaban J connectivity index is 0.00000180. The van der Waals surface area contributed by atoms with E-state index in [1.165, 1.54) is 12.5 Å². The van der Waals surface area contributed by atoms with Crippen LogP contribution in [0.2, 0.25) is 5.02 Å². The maximum Gasteiger partial charge on any atom is 0.240 e. The Labute approximate surface area is 125 Å². The van der Waals surface area contributed by atoms with Gasteiger partial charge in [0.2, 0.25) is 10.0 Å². The second kappa shape index (κ2) is 7.45. The van der Waals surface area contributed by atoms with E-state index in [1.54, 1.807) is 18.2 Å². The number of hydrogen-bond donors (Lipinski definition) is 2. The first-order valence-electron chi connectivity index (χ1n) is 6.06. The summed E-state index contributed by atoms with van der Waals surface area (Å²) in [6.45, 7) is 1.48. The van der Waals surface area contributed by atoms with E-state index in [9.17, 15) is 8.42 Å². The molecular weight excluding hydrogens is 307 g/mol. The molecule has 19 heavy (non-hydrogen) atoms. The minimum Gasteiger partial charge on any atom is -0.314 e. The molecule has 0 spiro atoms. The summed E-state index contributed by atoms with van der Waals surface area (Å²) in [6.07, 6.45) is 3.12. The van der Waals surface area contributed by atoms with Crippen molar-refractivity contribution in [2.24, 2.45) is 0 Å². The van der Waals surface area contributed by atoms with Gasteiger partial charge in [0, 0.05) is 17.6 Å². The van der Waals surface area contributed by atoms with Crippen LogP contribution >= 0.6 is 24.0 Å². The molecule has 1 atom stereocenters. The normalized spacial score (nSPS) is 19.1. The van der Waals surface area contributed by atoms with Gasteiger partial charge in [-0.3, -0.25) is 0 Å². The highest BCUT2D eigenvalue weighted by Gasteiger charge is 2.17. The topological polar surface area (TPSA) is 58.2 Å². The minimum atomic E-state index is -3.44. The predicted octanol–water partition coefficient (Wildman–Crippen LogP) is 2.18. The summed E-state index contributed by atoms with van der Waals surface area (Å²) in [4.78, 5) is 0.217. The Kier molecular flexibility index (Phi) is 6.56. The summed E-state index contributed by atoms with van der Waals surface area (Å²) in [5.41, 5.74) is 0. The molecular formula is C12H18Cl2N2O2S. The molecule has 1 heterocycles. The maximum absolute atomic E-state index is 12.0. The summed E-state index contributed by atoms with van der Waals surface area (Å²) in [5.74, 6) is 0. The third-order valence-electron chi connectivity index (χ3n) is 3.05. The van der Waals surface area contributed by atoms with E-state index < -0.39 is 10.0 Å². The first-order valence-corrected chi connectivity index (χ1v) is 7.93. The molecule has 108 valence electrons. The highest BCUT2D eigenvalue weighted by atomic mass is 35.5. The zero-order chi connectivity index (χ0) is 13.0. The summed E-state index contributed by atoms with van der Waals surface area (Å²) in [6, 6.07) is 6.73. The van der Waals surface area contributed by atoms with Crippen LogP contribution in [0.15, 0.2) is 29.2 Å². The third-order valence-corrected chi connectivity index (χ3v) is 4.75. The van der Waals surface area contributed by atoms with E-state index in [1.807, 2.05) is 0 Å². The maximum atomic E-state index is 12.0. The smallest absolute Gasteiger partial charge is 0.240 e. The van der Waals surface area contributed by atoms with E-state index in [0.717, 1.165) is 19.4 Å². The Morgan fingerprint density at radius 1 is 1.42 bits per heavy atom. The molecule has 0 amide bonds. The molecule has 0 aliphatic carbocycles. The summed E-state index contributed by atoms with van der Waals surface area (Å²) in [7, 11) is -3.44. The fourth-order valence-corrected chi connectivity index (χ4v) is 3.44. The van der Waals surface area contributed by atoms with Crippen LogP contribution in [-0.4, -0.2) is 27.5 Å². The van der Waals surface area contributed by atoms with Crippen molar-refractivity contribution >= 4 is 34.0 Å². The highest BCUT2D eigenvalue weighted by Crippen LogP contribution is 2.15. The first-order chi connectivity index (χ1) is 8.58. The molecule has 2 rings (SSSR count). The number of nitrogens with one attached hydrogen (secondary N) is 2. The lowest BCUT2D eigenvalue weighted by Gasteiger charge is -2.11. The lowest BCUT2D eigenvalue weighted by molar-refractivity contribution is 0.539. The van der Waals surface area contributed by atoms with E-state index in [-0.39, 0.29) is 17.3 Å². The molecule has 0 aromatic heterocycles. The van der Waals surface area contributed by atoms with Crippen molar-refractivity contribution in [2.45, 2.75) is 30.2 Å². The van der Waals surface area contributed by atoms with E-state index in [0.29, 0.717) is 17.6 Å². The van der Waals surface area contributed by atoms with Gasteiger partial charge in [0.1, 0.15) is 0 Å². The van der Waals surface area contributed by atoms with Gasteiger partial charge in [-0.25, -0.2) is 13.1 Å². The fourth-order valence-electron chi connectivity index (χ4n) is 2.09. The van der Waals surface area contributed by atoms with Crippen LogP contribution in [0, 0.1) is 0 Å². The van der Waals surface area contributed by atoms with Gasteiger partial charge in [-0.1, -0.05) is 17.7 Å². The predicted molar refractivity (Wildman–Crippen MR) is 79.5 cm³/mol. The van der Waals surface area contributed by atoms with Gasteiger partial charge in [-0.15, -0.1) is 12.4 Å². The summed E-state index contributed by atoms with van der Waals surface area (Å²) >= 11 is 5.79. The average molecular weight is 325 g/mol. The molecule has 0 unspecified atom stereocenters. The van der Waals surface area contributed by atoms with Crippen molar-refractivity contribution in [1.29, 1.82) is 0 Å². The number of benzene rings is 1. The summed E-state index contributed by atoms with van der Waals surface area (Å²) < 4.78 is 26.5. The highest BCUT2D eigenvalue weighted by molar-refractivity contribution is 7.89. The van der Waals surface area contributed by atoms with Crippen molar-refractivity contribution in [1.82, 2.24) is 10.0 Å².